The van der Waals surface area contributed by atoms with Gasteiger partial charge in [-0.1, -0.05) is 6.42 Å². The number of nitrogens with zero attached hydrogens (tertiary/aromatic N) is 4. The van der Waals surface area contributed by atoms with Gasteiger partial charge in [0.15, 0.2) is 0 Å². The summed E-state index contributed by atoms with van der Waals surface area (Å²) in [5, 5.41) is 3.18. The molecule has 0 aromatic carbocycles. The lowest BCUT2D eigenvalue weighted by molar-refractivity contribution is -0.138. The van der Waals surface area contributed by atoms with Gasteiger partial charge in [-0.25, -0.2) is 9.97 Å². The van der Waals surface area contributed by atoms with Gasteiger partial charge in [-0.2, -0.15) is 0 Å². The number of fused-ring (bicyclic) bond motifs is 1. The predicted octanol–water partition coefficient (Wildman–Crippen LogP) is 2.14. The minimum Gasteiger partial charge on any atom is -0.352 e. The van der Waals surface area contributed by atoms with Gasteiger partial charge >= 0.3 is 0 Å². The molecule has 21 heavy (non-hydrogen) atoms. The van der Waals surface area contributed by atoms with Crippen molar-refractivity contribution in [1.82, 2.24) is 14.9 Å². The first-order chi connectivity index (χ1) is 10.3. The fraction of sp³-hybridized carbons (Fsp3) is 0.533. The minimum atomic E-state index is 0.305. The first kappa shape index (κ1) is 13.0. The Balaban J connectivity index is 1.47. The molecule has 3 heterocycles. The summed E-state index contributed by atoms with van der Waals surface area (Å²) in [7, 11) is 0. The van der Waals surface area contributed by atoms with Crippen LogP contribution in [0.4, 0.5) is 5.82 Å². The largest absolute Gasteiger partial charge is 0.352 e. The van der Waals surface area contributed by atoms with Crippen LogP contribution >= 0.6 is 11.3 Å². The van der Waals surface area contributed by atoms with Crippen LogP contribution in [0.25, 0.3) is 10.2 Å². The molecule has 2 aromatic rings. The zero-order valence-electron chi connectivity index (χ0n) is 11.9. The molecule has 110 valence electrons. The summed E-state index contributed by atoms with van der Waals surface area (Å²) < 4.78 is 0. The van der Waals surface area contributed by atoms with Gasteiger partial charge in [0.25, 0.3) is 0 Å². The average Bonchev–Trinajstić information content (AvgIpc) is 2.94. The highest BCUT2D eigenvalue weighted by Crippen LogP contribution is 2.30. The van der Waals surface area contributed by atoms with Crippen molar-refractivity contribution in [3.05, 3.63) is 17.8 Å². The smallest absolute Gasteiger partial charge is 0.225 e. The van der Waals surface area contributed by atoms with Crippen molar-refractivity contribution in [1.29, 1.82) is 0 Å². The molecule has 1 saturated carbocycles. The third-order valence-electron chi connectivity index (χ3n) is 4.59. The molecule has 1 aliphatic heterocycles. The SMILES string of the molecule is O=C(C1CCC1)N1CCN(c2ncnc3sccc23)CC1. The Morgan fingerprint density at radius 2 is 2.00 bits per heavy atom. The van der Waals surface area contributed by atoms with E-state index in [4.69, 9.17) is 0 Å². The van der Waals surface area contributed by atoms with Crippen LogP contribution in [-0.4, -0.2) is 47.0 Å². The molecule has 4 rings (SSSR count). The van der Waals surface area contributed by atoms with E-state index in [-0.39, 0.29) is 0 Å². The van der Waals surface area contributed by atoms with Crippen LogP contribution < -0.4 is 4.90 Å². The van der Waals surface area contributed by atoms with Crippen molar-refractivity contribution in [2.75, 3.05) is 31.1 Å². The summed E-state index contributed by atoms with van der Waals surface area (Å²) in [6, 6.07) is 2.08. The van der Waals surface area contributed by atoms with Crippen LogP contribution in [0.5, 0.6) is 0 Å². The molecule has 5 nitrogen and oxygen atoms in total. The highest BCUT2D eigenvalue weighted by molar-refractivity contribution is 7.16. The summed E-state index contributed by atoms with van der Waals surface area (Å²) in [5.41, 5.74) is 0. The minimum absolute atomic E-state index is 0.305. The first-order valence-electron chi connectivity index (χ1n) is 7.55. The summed E-state index contributed by atoms with van der Waals surface area (Å²) in [4.78, 5) is 26.4. The number of hydrogen-bond donors (Lipinski definition) is 0. The van der Waals surface area contributed by atoms with E-state index in [0.29, 0.717) is 11.8 Å². The Hall–Kier alpha value is -1.69. The standard InChI is InChI=1S/C15H18N4OS/c20-15(11-2-1-3-11)19-7-5-18(6-8-19)13-12-4-9-21-14(12)17-10-16-13/h4,9-11H,1-3,5-8H2. The summed E-state index contributed by atoms with van der Waals surface area (Å²) >= 11 is 1.64. The van der Waals surface area contributed by atoms with Crippen LogP contribution in [0.2, 0.25) is 0 Å². The second-order valence-corrected chi connectivity index (χ2v) is 6.67. The second kappa shape index (κ2) is 5.26. The quantitative estimate of drug-likeness (QED) is 0.853. The third kappa shape index (κ3) is 2.27. The Morgan fingerprint density at radius 1 is 1.19 bits per heavy atom. The number of thiophene rings is 1. The van der Waals surface area contributed by atoms with Gasteiger partial charge in [0.05, 0.1) is 5.39 Å². The second-order valence-electron chi connectivity index (χ2n) is 5.78. The number of carbonyl (C=O) groups is 1. The molecule has 0 N–H and O–H groups in total. The van der Waals surface area contributed by atoms with Gasteiger partial charge in [0, 0.05) is 32.1 Å². The number of piperazine rings is 1. The lowest BCUT2D eigenvalue weighted by atomic mass is 9.84. The fourth-order valence-electron chi connectivity index (χ4n) is 3.08. The van der Waals surface area contributed by atoms with Gasteiger partial charge in [-0.05, 0) is 24.3 Å². The molecule has 2 aromatic heterocycles. The third-order valence-corrected chi connectivity index (χ3v) is 5.41. The van der Waals surface area contributed by atoms with Crippen LogP contribution in [0.1, 0.15) is 19.3 Å². The normalized spacial score (nSPS) is 19.8. The number of anilines is 1. The van der Waals surface area contributed by atoms with E-state index < -0.39 is 0 Å². The van der Waals surface area contributed by atoms with Crippen molar-refractivity contribution in [3.8, 4) is 0 Å². The first-order valence-corrected chi connectivity index (χ1v) is 8.43. The lowest BCUT2D eigenvalue weighted by Gasteiger charge is -2.38. The number of amides is 1. The van der Waals surface area contributed by atoms with E-state index >= 15 is 0 Å². The zero-order valence-corrected chi connectivity index (χ0v) is 12.7. The molecule has 0 unspecified atom stereocenters. The van der Waals surface area contributed by atoms with Gasteiger partial charge in [0.1, 0.15) is 17.0 Å². The lowest BCUT2D eigenvalue weighted by Crippen LogP contribution is -2.51. The van der Waals surface area contributed by atoms with Gasteiger partial charge < -0.3 is 9.80 Å². The molecule has 2 fully saturated rings. The summed E-state index contributed by atoms with van der Waals surface area (Å²) in [6.45, 7) is 3.34. The maximum atomic E-state index is 12.3. The number of aromatic nitrogens is 2. The van der Waals surface area contributed by atoms with E-state index in [0.717, 1.165) is 55.1 Å². The van der Waals surface area contributed by atoms with Crippen LogP contribution in [0.3, 0.4) is 0 Å². The van der Waals surface area contributed by atoms with Crippen molar-refractivity contribution in [3.63, 3.8) is 0 Å². The van der Waals surface area contributed by atoms with Crippen molar-refractivity contribution < 1.29 is 4.79 Å². The van der Waals surface area contributed by atoms with E-state index in [1.54, 1.807) is 17.7 Å². The molecule has 2 aliphatic rings. The Morgan fingerprint density at radius 3 is 2.71 bits per heavy atom. The highest BCUT2D eigenvalue weighted by atomic mass is 32.1. The summed E-state index contributed by atoms with van der Waals surface area (Å²) in [6.07, 6.45) is 5.02. The van der Waals surface area contributed by atoms with E-state index in [1.807, 2.05) is 4.90 Å². The molecule has 0 spiro atoms. The number of carbonyl (C=O) groups excluding carboxylic acids is 1. The molecule has 1 saturated heterocycles. The molecular formula is C15H18N4OS. The molecule has 0 bridgehead atoms. The zero-order chi connectivity index (χ0) is 14.2. The van der Waals surface area contributed by atoms with Gasteiger partial charge in [0.2, 0.25) is 5.91 Å². The maximum Gasteiger partial charge on any atom is 0.225 e. The molecule has 0 radical (unpaired) electrons. The topological polar surface area (TPSA) is 49.3 Å². The van der Waals surface area contributed by atoms with Crippen LogP contribution in [-0.2, 0) is 4.79 Å². The van der Waals surface area contributed by atoms with E-state index in [9.17, 15) is 4.79 Å². The Labute approximate surface area is 127 Å². The molecule has 0 atom stereocenters. The van der Waals surface area contributed by atoms with Gasteiger partial charge in [-0.3, -0.25) is 4.79 Å². The van der Waals surface area contributed by atoms with Crippen LogP contribution in [0, 0.1) is 5.92 Å². The molecular weight excluding hydrogens is 284 g/mol. The monoisotopic (exact) mass is 302 g/mol. The maximum absolute atomic E-state index is 12.3. The molecule has 1 amide bonds. The predicted molar refractivity (Wildman–Crippen MR) is 83.5 cm³/mol. The Kier molecular flexibility index (Phi) is 3.25. The number of hydrogen-bond acceptors (Lipinski definition) is 5. The van der Waals surface area contributed by atoms with E-state index in [2.05, 4.69) is 26.3 Å². The highest BCUT2D eigenvalue weighted by Gasteiger charge is 2.31. The van der Waals surface area contributed by atoms with Crippen molar-refractivity contribution >= 4 is 33.3 Å². The molecule has 1 aliphatic carbocycles. The van der Waals surface area contributed by atoms with Crippen molar-refractivity contribution in [2.24, 2.45) is 5.92 Å². The number of rotatable bonds is 2. The van der Waals surface area contributed by atoms with E-state index in [1.165, 1.54) is 6.42 Å². The molecule has 6 heteroatoms. The fourth-order valence-corrected chi connectivity index (χ4v) is 3.81. The Bertz CT molecular complexity index is 658. The van der Waals surface area contributed by atoms with Crippen molar-refractivity contribution in [2.45, 2.75) is 19.3 Å². The van der Waals surface area contributed by atoms with Gasteiger partial charge in [-0.15, -0.1) is 11.3 Å². The average molecular weight is 302 g/mol. The van der Waals surface area contributed by atoms with Crippen LogP contribution in [0.15, 0.2) is 17.8 Å². The summed E-state index contributed by atoms with van der Waals surface area (Å²) in [5.74, 6) is 1.68.